The number of benzene rings is 1. The van der Waals surface area contributed by atoms with E-state index < -0.39 is 0 Å². The predicted octanol–water partition coefficient (Wildman–Crippen LogP) is 3.53. The molecule has 0 aliphatic rings. The molecule has 3 aromatic heterocycles. The van der Waals surface area contributed by atoms with E-state index in [4.69, 9.17) is 4.52 Å². The maximum absolute atomic E-state index is 12.8. The number of pyridine rings is 1. The number of anilines is 1. The zero-order valence-electron chi connectivity index (χ0n) is 12.5. The van der Waals surface area contributed by atoms with Gasteiger partial charge in [-0.05, 0) is 24.3 Å². The average molecular weight is 336 g/mol. The van der Waals surface area contributed by atoms with Crippen LogP contribution in [0.3, 0.4) is 0 Å². The van der Waals surface area contributed by atoms with Gasteiger partial charge in [0, 0.05) is 12.3 Å². The molecule has 0 N–H and O–H groups in total. The van der Waals surface area contributed by atoms with Crippen molar-refractivity contribution in [3.8, 4) is 0 Å². The SMILES string of the molecule is O=C(c1ccno1)N(Cc1ccccn1)c1nc2ccccc2s1. The molecule has 0 aliphatic carbocycles. The Kier molecular flexibility index (Phi) is 3.76. The van der Waals surface area contributed by atoms with E-state index in [2.05, 4.69) is 15.1 Å². The first-order valence-corrected chi connectivity index (χ1v) is 8.11. The lowest BCUT2D eigenvalue weighted by Crippen LogP contribution is -2.30. The van der Waals surface area contributed by atoms with Gasteiger partial charge in [-0.25, -0.2) is 4.98 Å². The maximum Gasteiger partial charge on any atom is 0.299 e. The first kappa shape index (κ1) is 14.5. The quantitative estimate of drug-likeness (QED) is 0.570. The molecule has 118 valence electrons. The van der Waals surface area contributed by atoms with E-state index in [-0.39, 0.29) is 11.7 Å². The number of carbonyl (C=O) groups is 1. The molecule has 0 aliphatic heterocycles. The van der Waals surface area contributed by atoms with Gasteiger partial charge >= 0.3 is 0 Å². The molecule has 1 aromatic carbocycles. The molecular formula is C17H12N4O2S. The summed E-state index contributed by atoms with van der Waals surface area (Å²) in [5.41, 5.74) is 1.62. The summed E-state index contributed by atoms with van der Waals surface area (Å²) in [5.74, 6) is -0.123. The fourth-order valence-electron chi connectivity index (χ4n) is 2.31. The summed E-state index contributed by atoms with van der Waals surface area (Å²) in [6.07, 6.45) is 3.15. The number of hydrogen-bond donors (Lipinski definition) is 0. The van der Waals surface area contributed by atoms with Crippen molar-refractivity contribution in [2.24, 2.45) is 0 Å². The third-order valence-corrected chi connectivity index (χ3v) is 4.51. The molecule has 4 rings (SSSR count). The van der Waals surface area contributed by atoms with Gasteiger partial charge in [0.05, 0.1) is 28.7 Å². The summed E-state index contributed by atoms with van der Waals surface area (Å²) in [6, 6.07) is 14.9. The Bertz CT molecular complexity index is 934. The minimum atomic E-state index is -0.294. The van der Waals surface area contributed by atoms with E-state index in [0.717, 1.165) is 15.9 Å². The second-order valence-electron chi connectivity index (χ2n) is 5.05. The molecule has 0 radical (unpaired) electrons. The van der Waals surface area contributed by atoms with Crippen LogP contribution in [0.5, 0.6) is 0 Å². The Morgan fingerprint density at radius 1 is 1.08 bits per heavy atom. The normalized spacial score (nSPS) is 10.8. The summed E-state index contributed by atoms with van der Waals surface area (Å²) in [4.78, 5) is 23.3. The fourth-order valence-corrected chi connectivity index (χ4v) is 3.28. The molecule has 0 fully saturated rings. The van der Waals surface area contributed by atoms with Gasteiger partial charge in [-0.15, -0.1) is 0 Å². The van der Waals surface area contributed by atoms with Crippen molar-refractivity contribution in [2.75, 3.05) is 4.90 Å². The highest BCUT2D eigenvalue weighted by molar-refractivity contribution is 7.22. The van der Waals surface area contributed by atoms with Gasteiger partial charge in [0.1, 0.15) is 0 Å². The number of rotatable bonds is 4. The molecule has 0 unspecified atom stereocenters. The van der Waals surface area contributed by atoms with Crippen molar-refractivity contribution in [2.45, 2.75) is 6.54 Å². The smallest absolute Gasteiger partial charge is 0.299 e. The van der Waals surface area contributed by atoms with Crippen molar-refractivity contribution >= 4 is 32.6 Å². The fraction of sp³-hybridized carbons (Fsp3) is 0.0588. The zero-order chi connectivity index (χ0) is 16.4. The van der Waals surface area contributed by atoms with Crippen LogP contribution in [0, 0.1) is 0 Å². The Morgan fingerprint density at radius 2 is 1.96 bits per heavy atom. The van der Waals surface area contributed by atoms with Crippen LogP contribution in [0.25, 0.3) is 10.2 Å². The predicted molar refractivity (Wildman–Crippen MR) is 90.9 cm³/mol. The topological polar surface area (TPSA) is 72.1 Å². The molecule has 7 heteroatoms. The van der Waals surface area contributed by atoms with Gasteiger partial charge in [0.15, 0.2) is 5.13 Å². The second-order valence-corrected chi connectivity index (χ2v) is 6.06. The molecule has 6 nitrogen and oxygen atoms in total. The lowest BCUT2D eigenvalue weighted by atomic mass is 10.3. The van der Waals surface area contributed by atoms with E-state index in [9.17, 15) is 4.79 Å². The van der Waals surface area contributed by atoms with Gasteiger partial charge in [-0.3, -0.25) is 14.7 Å². The first-order valence-electron chi connectivity index (χ1n) is 7.29. The van der Waals surface area contributed by atoms with Crippen LogP contribution < -0.4 is 4.90 Å². The number of thiazole rings is 1. The van der Waals surface area contributed by atoms with E-state index in [0.29, 0.717) is 11.7 Å². The largest absolute Gasteiger partial charge is 0.351 e. The Balaban J connectivity index is 1.75. The standard InChI is InChI=1S/C17H12N4O2S/c22-16(14-8-10-19-23-14)21(11-12-5-3-4-9-18-12)17-20-13-6-1-2-7-15(13)24-17/h1-10H,11H2. The summed E-state index contributed by atoms with van der Waals surface area (Å²) in [5, 5.41) is 4.21. The Morgan fingerprint density at radius 3 is 2.71 bits per heavy atom. The highest BCUT2D eigenvalue weighted by atomic mass is 32.1. The van der Waals surface area contributed by atoms with Gasteiger partial charge in [0.2, 0.25) is 5.76 Å². The highest BCUT2D eigenvalue weighted by Gasteiger charge is 2.24. The Hall–Kier alpha value is -3.06. The molecule has 3 heterocycles. The second kappa shape index (κ2) is 6.21. The molecular weight excluding hydrogens is 324 g/mol. The third kappa shape index (κ3) is 2.77. The van der Waals surface area contributed by atoms with Crippen LogP contribution >= 0.6 is 11.3 Å². The molecule has 24 heavy (non-hydrogen) atoms. The summed E-state index contributed by atoms with van der Waals surface area (Å²) >= 11 is 1.45. The summed E-state index contributed by atoms with van der Waals surface area (Å²) in [6.45, 7) is 0.306. The summed E-state index contributed by atoms with van der Waals surface area (Å²) in [7, 11) is 0. The van der Waals surface area contributed by atoms with Crippen molar-refractivity contribution < 1.29 is 9.32 Å². The third-order valence-electron chi connectivity index (χ3n) is 3.45. The molecule has 0 saturated heterocycles. The minimum Gasteiger partial charge on any atom is -0.351 e. The lowest BCUT2D eigenvalue weighted by Gasteiger charge is -2.17. The van der Waals surface area contributed by atoms with Crippen LogP contribution in [0.4, 0.5) is 5.13 Å². The highest BCUT2D eigenvalue weighted by Crippen LogP contribution is 2.30. The summed E-state index contributed by atoms with van der Waals surface area (Å²) < 4.78 is 6.04. The van der Waals surface area contributed by atoms with Crippen LogP contribution in [-0.4, -0.2) is 21.0 Å². The molecule has 4 aromatic rings. The van der Waals surface area contributed by atoms with Gasteiger partial charge in [0.25, 0.3) is 5.91 Å². The molecule has 0 spiro atoms. The van der Waals surface area contributed by atoms with E-state index >= 15 is 0 Å². The zero-order valence-corrected chi connectivity index (χ0v) is 13.3. The van der Waals surface area contributed by atoms with Crippen LogP contribution in [0.15, 0.2) is 65.4 Å². The average Bonchev–Trinajstić information content (AvgIpc) is 3.29. The van der Waals surface area contributed by atoms with Crippen molar-refractivity contribution in [3.63, 3.8) is 0 Å². The van der Waals surface area contributed by atoms with E-state index in [1.165, 1.54) is 17.5 Å². The van der Waals surface area contributed by atoms with Crippen molar-refractivity contribution in [1.82, 2.24) is 15.1 Å². The van der Waals surface area contributed by atoms with E-state index in [1.54, 1.807) is 17.2 Å². The van der Waals surface area contributed by atoms with E-state index in [1.807, 2.05) is 42.5 Å². The number of aromatic nitrogens is 3. The van der Waals surface area contributed by atoms with Crippen molar-refractivity contribution in [3.05, 3.63) is 72.4 Å². The minimum absolute atomic E-state index is 0.171. The molecule has 0 atom stereocenters. The molecule has 0 saturated carbocycles. The van der Waals surface area contributed by atoms with Crippen LogP contribution in [0.1, 0.15) is 16.2 Å². The number of hydrogen-bond acceptors (Lipinski definition) is 6. The van der Waals surface area contributed by atoms with Gasteiger partial charge < -0.3 is 4.52 Å². The molecule has 1 amide bonds. The van der Waals surface area contributed by atoms with Crippen LogP contribution in [0.2, 0.25) is 0 Å². The number of fused-ring (bicyclic) bond motifs is 1. The van der Waals surface area contributed by atoms with Crippen molar-refractivity contribution in [1.29, 1.82) is 0 Å². The van der Waals surface area contributed by atoms with Gasteiger partial charge in [-0.2, -0.15) is 0 Å². The first-order chi connectivity index (χ1) is 11.8. The monoisotopic (exact) mass is 336 g/mol. The lowest BCUT2D eigenvalue weighted by molar-refractivity contribution is 0.0949. The molecule has 0 bridgehead atoms. The number of para-hydroxylation sites is 1. The maximum atomic E-state index is 12.8. The Labute approximate surface area is 141 Å². The number of amides is 1. The number of nitrogens with zero attached hydrogens (tertiary/aromatic N) is 4. The van der Waals surface area contributed by atoms with Gasteiger partial charge in [-0.1, -0.05) is 34.7 Å². The number of carbonyl (C=O) groups excluding carboxylic acids is 1. The van der Waals surface area contributed by atoms with Crippen LogP contribution in [-0.2, 0) is 6.54 Å².